The predicted molar refractivity (Wildman–Crippen MR) is 90.5 cm³/mol. The number of amides is 1. The van der Waals surface area contributed by atoms with Crippen LogP contribution < -0.4 is 14.8 Å². The third-order valence-corrected chi connectivity index (χ3v) is 3.35. The number of ether oxygens (including phenoxy) is 2. The smallest absolute Gasteiger partial charge is 0.481 e. The zero-order valence-electron chi connectivity index (χ0n) is 14.4. The monoisotopic (exact) mass is 414 g/mol. The number of nitrogens with one attached hydrogen (secondary N) is 1. The summed E-state index contributed by atoms with van der Waals surface area (Å²) >= 11 is 0. The topological polar surface area (TPSA) is 128 Å². The van der Waals surface area contributed by atoms with Crippen molar-refractivity contribution < 1.29 is 42.3 Å². The summed E-state index contributed by atoms with van der Waals surface area (Å²) in [5.41, 5.74) is -0.246. The molecule has 29 heavy (non-hydrogen) atoms. The van der Waals surface area contributed by atoms with Gasteiger partial charge in [0.2, 0.25) is 0 Å². The molecule has 0 saturated carbocycles. The number of nitro groups is 1. The van der Waals surface area contributed by atoms with E-state index in [4.69, 9.17) is 9.84 Å². The summed E-state index contributed by atoms with van der Waals surface area (Å²) in [5.74, 6) is -3.24. The molecular formula is C17H13F3N2O7. The minimum atomic E-state index is -5.00. The first kappa shape index (κ1) is 21.5. The van der Waals surface area contributed by atoms with E-state index in [0.717, 1.165) is 18.2 Å². The highest BCUT2D eigenvalue weighted by Gasteiger charge is 2.31. The van der Waals surface area contributed by atoms with Crippen LogP contribution in [0.4, 0.5) is 18.9 Å². The van der Waals surface area contributed by atoms with Crippen molar-refractivity contribution in [2.24, 2.45) is 0 Å². The zero-order valence-corrected chi connectivity index (χ0v) is 14.4. The van der Waals surface area contributed by atoms with Gasteiger partial charge in [-0.15, -0.1) is 13.2 Å². The summed E-state index contributed by atoms with van der Waals surface area (Å²) in [4.78, 5) is 33.2. The molecule has 1 amide bonds. The van der Waals surface area contributed by atoms with Gasteiger partial charge in [0.15, 0.2) is 6.61 Å². The summed E-state index contributed by atoms with van der Waals surface area (Å²) in [6.07, 6.45) is -5.00. The van der Waals surface area contributed by atoms with Crippen LogP contribution in [0.1, 0.15) is 15.9 Å². The average Bonchev–Trinajstić information content (AvgIpc) is 2.63. The molecule has 0 radical (unpaired) electrons. The van der Waals surface area contributed by atoms with Crippen LogP contribution in [-0.2, 0) is 11.3 Å². The van der Waals surface area contributed by atoms with Gasteiger partial charge < -0.3 is 19.9 Å². The first-order chi connectivity index (χ1) is 13.5. The number of carboxylic acid groups (broad SMARTS) is 1. The van der Waals surface area contributed by atoms with Crippen molar-refractivity contribution in [3.63, 3.8) is 0 Å². The van der Waals surface area contributed by atoms with Gasteiger partial charge in [-0.2, -0.15) is 0 Å². The van der Waals surface area contributed by atoms with Gasteiger partial charge in [0.1, 0.15) is 11.5 Å². The molecule has 2 aromatic carbocycles. The Morgan fingerprint density at radius 1 is 1.17 bits per heavy atom. The maximum atomic E-state index is 12.4. The van der Waals surface area contributed by atoms with Crippen molar-refractivity contribution in [1.82, 2.24) is 5.32 Å². The molecule has 0 atom stereocenters. The fraction of sp³-hybridized carbons (Fsp3) is 0.176. The number of carbonyl (C=O) groups excluding carboxylic acids is 1. The Morgan fingerprint density at radius 3 is 2.52 bits per heavy atom. The van der Waals surface area contributed by atoms with Gasteiger partial charge in [0.25, 0.3) is 11.6 Å². The minimum absolute atomic E-state index is 0.177. The third-order valence-electron chi connectivity index (χ3n) is 3.35. The summed E-state index contributed by atoms with van der Waals surface area (Å²) in [5, 5.41) is 21.8. The number of carbonyl (C=O) groups is 2. The van der Waals surface area contributed by atoms with Crippen molar-refractivity contribution >= 4 is 17.6 Å². The van der Waals surface area contributed by atoms with Crippen molar-refractivity contribution in [2.45, 2.75) is 12.9 Å². The fourth-order valence-electron chi connectivity index (χ4n) is 2.21. The number of carboxylic acids is 1. The lowest BCUT2D eigenvalue weighted by molar-refractivity contribution is -0.384. The molecule has 0 heterocycles. The summed E-state index contributed by atoms with van der Waals surface area (Å²) in [7, 11) is 0. The quantitative estimate of drug-likeness (QED) is 0.502. The van der Waals surface area contributed by atoms with Crippen LogP contribution in [0.3, 0.4) is 0 Å². The predicted octanol–water partition coefficient (Wildman–Crippen LogP) is 2.89. The van der Waals surface area contributed by atoms with E-state index >= 15 is 0 Å². The summed E-state index contributed by atoms with van der Waals surface area (Å²) in [6, 6.07) is 7.94. The highest BCUT2D eigenvalue weighted by molar-refractivity contribution is 5.97. The summed E-state index contributed by atoms with van der Waals surface area (Å²) < 4.78 is 45.9. The first-order valence-electron chi connectivity index (χ1n) is 7.81. The van der Waals surface area contributed by atoms with Crippen molar-refractivity contribution in [1.29, 1.82) is 0 Å². The number of hydrogen-bond acceptors (Lipinski definition) is 6. The number of rotatable bonds is 8. The number of non-ortho nitro benzene ring substituents is 1. The van der Waals surface area contributed by atoms with E-state index < -0.39 is 41.1 Å². The molecule has 0 spiro atoms. The lowest BCUT2D eigenvalue weighted by Gasteiger charge is -2.14. The van der Waals surface area contributed by atoms with Crippen LogP contribution in [-0.4, -0.2) is 34.9 Å². The maximum Gasteiger partial charge on any atom is 0.573 e. The molecule has 0 aliphatic rings. The second kappa shape index (κ2) is 8.91. The molecule has 0 aromatic heterocycles. The molecule has 2 N–H and O–H groups in total. The number of alkyl halides is 3. The van der Waals surface area contributed by atoms with Crippen LogP contribution in [0.15, 0.2) is 42.5 Å². The van der Waals surface area contributed by atoms with Gasteiger partial charge in [-0.05, 0) is 23.8 Å². The molecule has 2 aromatic rings. The van der Waals surface area contributed by atoms with Gasteiger partial charge >= 0.3 is 12.3 Å². The van der Waals surface area contributed by atoms with Gasteiger partial charge in [-0.1, -0.05) is 12.1 Å². The SMILES string of the molecule is O=C(O)COc1ccc(OC(F)(F)F)cc1C(=O)NCc1cccc([N+](=O)[O-])c1. The lowest BCUT2D eigenvalue weighted by atomic mass is 10.1. The van der Waals surface area contributed by atoms with Gasteiger partial charge in [0.05, 0.1) is 10.5 Å². The van der Waals surface area contributed by atoms with E-state index in [9.17, 15) is 32.9 Å². The Balaban J connectivity index is 2.22. The van der Waals surface area contributed by atoms with E-state index in [1.165, 1.54) is 24.3 Å². The molecule has 0 unspecified atom stereocenters. The Morgan fingerprint density at radius 2 is 1.90 bits per heavy atom. The van der Waals surface area contributed by atoms with Crippen molar-refractivity contribution in [3.8, 4) is 11.5 Å². The number of benzene rings is 2. The number of nitrogens with zero attached hydrogens (tertiary/aromatic N) is 1. The maximum absolute atomic E-state index is 12.4. The molecule has 0 bridgehead atoms. The molecular weight excluding hydrogens is 401 g/mol. The average molecular weight is 414 g/mol. The van der Waals surface area contributed by atoms with Gasteiger partial charge in [-0.25, -0.2) is 4.79 Å². The van der Waals surface area contributed by atoms with E-state index in [1.807, 2.05) is 0 Å². The molecule has 9 nitrogen and oxygen atoms in total. The summed E-state index contributed by atoms with van der Waals surface area (Å²) in [6.45, 7) is -1.01. The number of nitro benzene ring substituents is 1. The lowest BCUT2D eigenvalue weighted by Crippen LogP contribution is -2.24. The van der Waals surface area contributed by atoms with E-state index in [0.29, 0.717) is 5.56 Å². The molecule has 2 rings (SSSR count). The van der Waals surface area contributed by atoms with E-state index in [2.05, 4.69) is 10.1 Å². The second-order valence-corrected chi connectivity index (χ2v) is 5.50. The number of hydrogen-bond donors (Lipinski definition) is 2. The van der Waals surface area contributed by atoms with E-state index in [-0.39, 0.29) is 18.0 Å². The Kier molecular flexibility index (Phi) is 6.59. The van der Waals surface area contributed by atoms with Crippen LogP contribution in [0.25, 0.3) is 0 Å². The third kappa shape index (κ3) is 6.68. The molecule has 0 aliphatic heterocycles. The van der Waals surface area contributed by atoms with Gasteiger partial charge in [-0.3, -0.25) is 14.9 Å². The first-order valence-corrected chi connectivity index (χ1v) is 7.81. The van der Waals surface area contributed by atoms with Crippen LogP contribution in [0.5, 0.6) is 11.5 Å². The number of aliphatic carboxylic acids is 1. The zero-order chi connectivity index (χ0) is 21.6. The van der Waals surface area contributed by atoms with Crippen LogP contribution in [0.2, 0.25) is 0 Å². The van der Waals surface area contributed by atoms with Crippen molar-refractivity contribution in [2.75, 3.05) is 6.61 Å². The highest BCUT2D eigenvalue weighted by atomic mass is 19.4. The minimum Gasteiger partial charge on any atom is -0.481 e. The second-order valence-electron chi connectivity index (χ2n) is 5.50. The highest BCUT2D eigenvalue weighted by Crippen LogP contribution is 2.28. The molecule has 0 saturated heterocycles. The van der Waals surface area contributed by atoms with Crippen LogP contribution >= 0.6 is 0 Å². The molecule has 0 fully saturated rings. The molecule has 154 valence electrons. The fourth-order valence-corrected chi connectivity index (χ4v) is 2.21. The molecule has 12 heteroatoms. The normalized spacial score (nSPS) is 10.9. The Bertz CT molecular complexity index is 931. The van der Waals surface area contributed by atoms with Crippen molar-refractivity contribution in [3.05, 3.63) is 63.7 Å². The molecule has 0 aliphatic carbocycles. The standard InChI is InChI=1S/C17H13F3N2O7/c18-17(19,20)29-12-4-5-14(28-9-15(23)24)13(7-12)16(25)21-8-10-2-1-3-11(6-10)22(26)27/h1-7H,8-9H2,(H,21,25)(H,23,24). The number of halogens is 3. The van der Waals surface area contributed by atoms with Crippen LogP contribution in [0, 0.1) is 10.1 Å². The Hall–Kier alpha value is -3.83. The Labute approximate surface area is 160 Å². The van der Waals surface area contributed by atoms with E-state index in [1.54, 1.807) is 0 Å². The van der Waals surface area contributed by atoms with Gasteiger partial charge in [0, 0.05) is 18.7 Å². The largest absolute Gasteiger partial charge is 0.573 e.